The van der Waals surface area contributed by atoms with Gasteiger partial charge in [0.25, 0.3) is 0 Å². The Morgan fingerprint density at radius 3 is 2.20 bits per heavy atom. The number of ether oxygens (including phenoxy) is 1. The minimum Gasteiger partial charge on any atom is -0.444 e. The first kappa shape index (κ1) is 18.3. The quantitative estimate of drug-likeness (QED) is 0.678. The van der Waals surface area contributed by atoms with Crippen LogP contribution in [0, 0.1) is 5.92 Å². The summed E-state index contributed by atoms with van der Waals surface area (Å²) in [4.78, 5) is 22.8. The lowest BCUT2D eigenvalue weighted by molar-refractivity contribution is 0.0528. The highest BCUT2D eigenvalue weighted by Crippen LogP contribution is 2.06. The van der Waals surface area contributed by atoms with E-state index in [2.05, 4.69) is 29.8 Å². The standard InChI is InChI=1S/C14H27N3O3/c1-10(2)11(3)9-17-12(18)15-7-8-16-13(19)20-14(4,5)6/h9-10H,7-8H2,1-6H3,(H,16,19)(H2,15,17,18)/b11-9+. The number of alkyl carbamates (subject to hydrolysis) is 1. The topological polar surface area (TPSA) is 79.5 Å². The normalized spacial score (nSPS) is 12.1. The minimum absolute atomic E-state index is 0.295. The first-order valence-electron chi connectivity index (χ1n) is 6.79. The molecular weight excluding hydrogens is 258 g/mol. The van der Waals surface area contributed by atoms with E-state index in [1.165, 1.54) is 0 Å². The Hall–Kier alpha value is -1.72. The van der Waals surface area contributed by atoms with E-state index in [4.69, 9.17) is 4.74 Å². The molecule has 0 heterocycles. The number of hydrogen-bond acceptors (Lipinski definition) is 3. The maximum atomic E-state index is 11.4. The lowest BCUT2D eigenvalue weighted by Gasteiger charge is -2.19. The summed E-state index contributed by atoms with van der Waals surface area (Å²) in [5.74, 6) is 0.393. The summed E-state index contributed by atoms with van der Waals surface area (Å²) in [5.41, 5.74) is 0.570. The molecule has 0 aromatic carbocycles. The molecule has 0 aliphatic rings. The van der Waals surface area contributed by atoms with Crippen molar-refractivity contribution in [1.82, 2.24) is 16.0 Å². The fourth-order valence-electron chi connectivity index (χ4n) is 1.05. The van der Waals surface area contributed by atoms with Crippen LogP contribution in [0.4, 0.5) is 9.59 Å². The monoisotopic (exact) mass is 285 g/mol. The first-order valence-corrected chi connectivity index (χ1v) is 6.79. The molecule has 0 spiro atoms. The second-order valence-electron chi connectivity index (χ2n) is 5.87. The molecule has 0 saturated carbocycles. The molecule has 0 aliphatic heterocycles. The van der Waals surface area contributed by atoms with Crippen molar-refractivity contribution in [2.45, 2.75) is 47.1 Å². The molecule has 6 heteroatoms. The highest BCUT2D eigenvalue weighted by atomic mass is 16.6. The highest BCUT2D eigenvalue weighted by Gasteiger charge is 2.15. The number of nitrogens with one attached hydrogen (secondary N) is 3. The van der Waals surface area contributed by atoms with Crippen molar-refractivity contribution in [3.8, 4) is 0 Å². The SMILES string of the molecule is C/C(=C\NC(=O)NCCNC(=O)OC(C)(C)C)C(C)C. The molecule has 0 fully saturated rings. The van der Waals surface area contributed by atoms with Crippen LogP contribution in [-0.2, 0) is 4.74 Å². The fourth-order valence-corrected chi connectivity index (χ4v) is 1.05. The second-order valence-corrected chi connectivity index (χ2v) is 5.87. The molecular formula is C14H27N3O3. The molecule has 0 aliphatic carbocycles. The van der Waals surface area contributed by atoms with Crippen LogP contribution in [0.3, 0.4) is 0 Å². The van der Waals surface area contributed by atoms with E-state index in [9.17, 15) is 9.59 Å². The third-order valence-electron chi connectivity index (χ3n) is 2.42. The lowest BCUT2D eigenvalue weighted by atomic mass is 10.1. The van der Waals surface area contributed by atoms with Crippen LogP contribution >= 0.6 is 0 Å². The van der Waals surface area contributed by atoms with Crippen LogP contribution in [0.15, 0.2) is 11.8 Å². The molecule has 3 N–H and O–H groups in total. The fraction of sp³-hybridized carbons (Fsp3) is 0.714. The van der Waals surface area contributed by atoms with Crippen molar-refractivity contribution >= 4 is 12.1 Å². The van der Waals surface area contributed by atoms with Gasteiger partial charge < -0.3 is 20.7 Å². The van der Waals surface area contributed by atoms with Gasteiger partial charge in [0.05, 0.1) is 0 Å². The molecule has 3 amide bonds. The molecule has 116 valence electrons. The van der Waals surface area contributed by atoms with Gasteiger partial charge in [-0.15, -0.1) is 0 Å². The zero-order valence-electron chi connectivity index (χ0n) is 13.3. The van der Waals surface area contributed by atoms with E-state index in [1.807, 2.05) is 6.92 Å². The average molecular weight is 285 g/mol. The Bertz CT molecular complexity index is 357. The Morgan fingerprint density at radius 1 is 1.15 bits per heavy atom. The Labute approximate surface area is 121 Å². The number of allylic oxidation sites excluding steroid dienone is 1. The highest BCUT2D eigenvalue weighted by molar-refractivity contribution is 5.75. The van der Waals surface area contributed by atoms with Crippen LogP contribution in [0.25, 0.3) is 0 Å². The Morgan fingerprint density at radius 2 is 1.70 bits per heavy atom. The van der Waals surface area contributed by atoms with Crippen molar-refractivity contribution in [3.63, 3.8) is 0 Å². The van der Waals surface area contributed by atoms with E-state index in [-0.39, 0.29) is 6.03 Å². The predicted molar refractivity (Wildman–Crippen MR) is 79.4 cm³/mol. The summed E-state index contributed by atoms with van der Waals surface area (Å²) in [6.45, 7) is 12.1. The van der Waals surface area contributed by atoms with E-state index in [1.54, 1.807) is 27.0 Å². The van der Waals surface area contributed by atoms with E-state index < -0.39 is 11.7 Å². The first-order chi connectivity index (χ1) is 9.11. The van der Waals surface area contributed by atoms with E-state index in [0.717, 1.165) is 5.57 Å². The number of amides is 3. The largest absolute Gasteiger partial charge is 0.444 e. The van der Waals surface area contributed by atoms with Gasteiger partial charge in [0.2, 0.25) is 0 Å². The van der Waals surface area contributed by atoms with Crippen LogP contribution in [0.1, 0.15) is 41.5 Å². The van der Waals surface area contributed by atoms with Crippen LogP contribution < -0.4 is 16.0 Å². The average Bonchev–Trinajstić information content (AvgIpc) is 2.29. The number of urea groups is 1. The zero-order valence-corrected chi connectivity index (χ0v) is 13.3. The molecule has 6 nitrogen and oxygen atoms in total. The lowest BCUT2D eigenvalue weighted by Crippen LogP contribution is -2.40. The van der Waals surface area contributed by atoms with Crippen molar-refractivity contribution in [3.05, 3.63) is 11.8 Å². The van der Waals surface area contributed by atoms with Gasteiger partial charge >= 0.3 is 12.1 Å². The molecule has 0 rings (SSSR count). The van der Waals surface area contributed by atoms with Crippen molar-refractivity contribution in [2.24, 2.45) is 5.92 Å². The van der Waals surface area contributed by atoms with Crippen molar-refractivity contribution in [2.75, 3.05) is 13.1 Å². The maximum Gasteiger partial charge on any atom is 0.407 e. The maximum absolute atomic E-state index is 11.4. The zero-order chi connectivity index (χ0) is 15.8. The third kappa shape index (κ3) is 10.2. The molecule has 0 atom stereocenters. The van der Waals surface area contributed by atoms with Gasteiger partial charge in [-0.3, -0.25) is 0 Å². The molecule has 0 radical (unpaired) electrons. The minimum atomic E-state index is -0.520. The summed E-state index contributed by atoms with van der Waals surface area (Å²) in [6.07, 6.45) is 1.19. The summed E-state index contributed by atoms with van der Waals surface area (Å²) in [7, 11) is 0. The van der Waals surface area contributed by atoms with E-state index >= 15 is 0 Å². The number of carbonyl (C=O) groups excluding carboxylic acids is 2. The number of carbonyl (C=O) groups is 2. The van der Waals surface area contributed by atoms with Crippen molar-refractivity contribution in [1.29, 1.82) is 0 Å². The van der Waals surface area contributed by atoms with Gasteiger partial charge in [0.1, 0.15) is 5.60 Å². The van der Waals surface area contributed by atoms with Gasteiger partial charge in [-0.25, -0.2) is 9.59 Å². The van der Waals surface area contributed by atoms with Gasteiger partial charge in [-0.05, 0) is 33.6 Å². The van der Waals surface area contributed by atoms with Crippen LogP contribution in [0.5, 0.6) is 0 Å². The van der Waals surface area contributed by atoms with Crippen LogP contribution in [0.2, 0.25) is 0 Å². The van der Waals surface area contributed by atoms with Crippen LogP contribution in [-0.4, -0.2) is 30.8 Å². The predicted octanol–water partition coefficient (Wildman–Crippen LogP) is 2.37. The molecule has 0 aromatic rings. The molecule has 0 unspecified atom stereocenters. The summed E-state index contributed by atoms with van der Waals surface area (Å²) >= 11 is 0. The van der Waals surface area contributed by atoms with E-state index in [0.29, 0.717) is 19.0 Å². The number of hydrogen-bond donors (Lipinski definition) is 3. The molecule has 0 saturated heterocycles. The number of rotatable bonds is 5. The van der Waals surface area contributed by atoms with Gasteiger partial charge in [-0.2, -0.15) is 0 Å². The molecule has 20 heavy (non-hydrogen) atoms. The van der Waals surface area contributed by atoms with Gasteiger partial charge in [-0.1, -0.05) is 19.4 Å². The molecule has 0 bridgehead atoms. The molecule has 0 aromatic heterocycles. The Balaban J connectivity index is 3.78. The smallest absolute Gasteiger partial charge is 0.407 e. The van der Waals surface area contributed by atoms with Gasteiger partial charge in [0, 0.05) is 19.3 Å². The Kier molecular flexibility index (Phi) is 7.72. The second kappa shape index (κ2) is 8.45. The summed E-state index contributed by atoms with van der Waals surface area (Å²) in [5, 5.41) is 7.82. The van der Waals surface area contributed by atoms with Crippen molar-refractivity contribution < 1.29 is 14.3 Å². The third-order valence-corrected chi connectivity index (χ3v) is 2.42. The summed E-state index contributed by atoms with van der Waals surface area (Å²) in [6, 6.07) is -0.295. The summed E-state index contributed by atoms with van der Waals surface area (Å²) < 4.78 is 5.06. The van der Waals surface area contributed by atoms with Gasteiger partial charge in [0.15, 0.2) is 0 Å².